The van der Waals surface area contributed by atoms with Gasteiger partial charge in [-0.2, -0.15) is 0 Å². The van der Waals surface area contributed by atoms with E-state index in [1.165, 1.54) is 20.1 Å². The van der Waals surface area contributed by atoms with Crippen molar-refractivity contribution in [2.45, 2.75) is 32.2 Å². The molecule has 1 aliphatic heterocycles. The van der Waals surface area contributed by atoms with Crippen LogP contribution in [-0.4, -0.2) is 53.9 Å². The summed E-state index contributed by atoms with van der Waals surface area (Å²) < 4.78 is 4.59. The molecule has 1 saturated heterocycles. The third kappa shape index (κ3) is 3.90. The highest BCUT2D eigenvalue weighted by Gasteiger charge is 2.18. The highest BCUT2D eigenvalue weighted by molar-refractivity contribution is 5.86. The van der Waals surface area contributed by atoms with Crippen molar-refractivity contribution in [3.63, 3.8) is 0 Å². The van der Waals surface area contributed by atoms with E-state index in [1.54, 1.807) is 12.1 Å². The van der Waals surface area contributed by atoms with Crippen molar-refractivity contribution in [1.29, 1.82) is 0 Å². The second kappa shape index (κ2) is 7.19. The maximum atomic E-state index is 11.3. The predicted octanol–water partition coefficient (Wildman–Crippen LogP) is 1.55. The normalized spacial score (nSPS) is 16.9. The number of ether oxygens (including phenoxy) is 1. The Morgan fingerprint density at radius 3 is 2.70 bits per heavy atom. The van der Waals surface area contributed by atoms with Gasteiger partial charge in [0.05, 0.1) is 7.11 Å². The maximum Gasteiger partial charge on any atom is 0.358 e. The minimum atomic E-state index is -0.461. The summed E-state index contributed by atoms with van der Waals surface area (Å²) in [5.41, 5.74) is 0.232. The van der Waals surface area contributed by atoms with Crippen molar-refractivity contribution < 1.29 is 9.53 Å². The molecule has 1 fully saturated rings. The molecular weight excluding hydrogens is 256 g/mol. The number of methoxy groups -OCH3 is 1. The number of hydrogen-bond acceptors (Lipinski definition) is 6. The molecule has 2 heterocycles. The fraction of sp³-hybridized carbons (Fsp3) is 0.643. The first-order valence-electron chi connectivity index (χ1n) is 7.14. The van der Waals surface area contributed by atoms with Gasteiger partial charge in [-0.1, -0.05) is 6.92 Å². The molecule has 6 heteroatoms. The summed E-state index contributed by atoms with van der Waals surface area (Å²) >= 11 is 0. The number of carbonyl (C=O) groups is 1. The summed E-state index contributed by atoms with van der Waals surface area (Å²) in [6.45, 7) is 5.64. The number of nitrogens with zero attached hydrogens (tertiary/aromatic N) is 3. The van der Waals surface area contributed by atoms with Gasteiger partial charge in [0.25, 0.3) is 0 Å². The van der Waals surface area contributed by atoms with Gasteiger partial charge in [0.15, 0.2) is 5.69 Å². The first kappa shape index (κ1) is 14.7. The fourth-order valence-electron chi connectivity index (χ4n) is 2.45. The Kier molecular flexibility index (Phi) is 5.29. The lowest BCUT2D eigenvalue weighted by molar-refractivity contribution is 0.0593. The zero-order valence-corrected chi connectivity index (χ0v) is 12.1. The number of anilines is 1. The van der Waals surface area contributed by atoms with Gasteiger partial charge >= 0.3 is 5.97 Å². The van der Waals surface area contributed by atoms with Gasteiger partial charge in [0.2, 0.25) is 0 Å². The third-order valence-corrected chi connectivity index (χ3v) is 3.54. The number of rotatable bonds is 5. The van der Waals surface area contributed by atoms with Gasteiger partial charge in [-0.3, -0.25) is 0 Å². The summed E-state index contributed by atoms with van der Waals surface area (Å²) in [4.78, 5) is 13.8. The Balaban J connectivity index is 1.84. The SMILES string of the molecule is CCCN1CCC(Nc2ccc(C(=O)OC)nn2)CC1. The van der Waals surface area contributed by atoms with Crippen molar-refractivity contribution in [2.75, 3.05) is 32.1 Å². The van der Waals surface area contributed by atoms with E-state index in [2.05, 4.69) is 32.1 Å². The molecule has 0 unspecified atom stereocenters. The monoisotopic (exact) mass is 278 g/mol. The van der Waals surface area contributed by atoms with E-state index >= 15 is 0 Å². The lowest BCUT2D eigenvalue weighted by Crippen LogP contribution is -2.39. The van der Waals surface area contributed by atoms with Gasteiger partial charge in [-0.25, -0.2) is 4.79 Å². The summed E-state index contributed by atoms with van der Waals surface area (Å²) in [6, 6.07) is 3.84. The van der Waals surface area contributed by atoms with Crippen LogP contribution in [0.2, 0.25) is 0 Å². The number of hydrogen-bond donors (Lipinski definition) is 1. The average Bonchev–Trinajstić information content (AvgIpc) is 2.49. The zero-order chi connectivity index (χ0) is 14.4. The van der Waals surface area contributed by atoms with E-state index in [-0.39, 0.29) is 5.69 Å². The molecule has 0 amide bonds. The second-order valence-corrected chi connectivity index (χ2v) is 5.06. The molecule has 1 N–H and O–H groups in total. The van der Waals surface area contributed by atoms with Crippen LogP contribution in [0.5, 0.6) is 0 Å². The molecule has 1 aliphatic rings. The standard InChI is InChI=1S/C14H22N4O2/c1-3-8-18-9-6-11(7-10-18)15-13-5-4-12(16-17-13)14(19)20-2/h4-5,11H,3,6-10H2,1-2H3,(H,15,17). The minimum Gasteiger partial charge on any atom is -0.464 e. The molecule has 0 saturated carbocycles. The number of carbonyl (C=O) groups excluding carboxylic acids is 1. The van der Waals surface area contributed by atoms with Crippen LogP contribution in [0.1, 0.15) is 36.7 Å². The molecule has 20 heavy (non-hydrogen) atoms. The van der Waals surface area contributed by atoms with Crippen molar-refractivity contribution in [1.82, 2.24) is 15.1 Å². The first-order chi connectivity index (χ1) is 9.72. The highest BCUT2D eigenvalue weighted by Crippen LogP contribution is 2.15. The number of likely N-dealkylation sites (tertiary alicyclic amines) is 1. The molecule has 0 atom stereocenters. The first-order valence-corrected chi connectivity index (χ1v) is 7.14. The summed E-state index contributed by atoms with van der Waals surface area (Å²) in [5.74, 6) is 0.253. The second-order valence-electron chi connectivity index (χ2n) is 5.06. The van der Waals surface area contributed by atoms with Crippen LogP contribution in [0.15, 0.2) is 12.1 Å². The fourth-order valence-corrected chi connectivity index (χ4v) is 2.45. The topological polar surface area (TPSA) is 67.4 Å². The molecule has 2 rings (SSSR count). The van der Waals surface area contributed by atoms with Crippen molar-refractivity contribution >= 4 is 11.8 Å². The minimum absolute atomic E-state index is 0.232. The molecule has 0 radical (unpaired) electrons. The summed E-state index contributed by atoms with van der Waals surface area (Å²) in [6.07, 6.45) is 3.43. The Hall–Kier alpha value is -1.69. The van der Waals surface area contributed by atoms with Crippen LogP contribution < -0.4 is 5.32 Å². The van der Waals surface area contributed by atoms with Crippen molar-refractivity contribution in [2.24, 2.45) is 0 Å². The Labute approximate surface area is 119 Å². The van der Waals surface area contributed by atoms with E-state index in [9.17, 15) is 4.79 Å². The van der Waals surface area contributed by atoms with Crippen LogP contribution in [0, 0.1) is 0 Å². The van der Waals surface area contributed by atoms with E-state index < -0.39 is 5.97 Å². The van der Waals surface area contributed by atoms with Crippen LogP contribution >= 0.6 is 0 Å². The molecule has 1 aromatic rings. The Bertz CT molecular complexity index is 427. The van der Waals surface area contributed by atoms with Gasteiger partial charge in [-0.15, -0.1) is 10.2 Å². The van der Waals surface area contributed by atoms with Crippen LogP contribution in [0.25, 0.3) is 0 Å². The van der Waals surface area contributed by atoms with Gasteiger partial charge in [0, 0.05) is 19.1 Å². The largest absolute Gasteiger partial charge is 0.464 e. The van der Waals surface area contributed by atoms with Crippen LogP contribution in [0.3, 0.4) is 0 Å². The number of nitrogens with one attached hydrogen (secondary N) is 1. The lowest BCUT2D eigenvalue weighted by Gasteiger charge is -2.32. The molecule has 6 nitrogen and oxygen atoms in total. The number of piperidine rings is 1. The van der Waals surface area contributed by atoms with Crippen LogP contribution in [-0.2, 0) is 4.74 Å². The molecule has 0 aromatic carbocycles. The van der Waals surface area contributed by atoms with Gasteiger partial charge < -0.3 is 15.0 Å². The molecular formula is C14H22N4O2. The maximum absolute atomic E-state index is 11.3. The summed E-state index contributed by atoms with van der Waals surface area (Å²) in [5, 5.41) is 11.3. The molecule has 0 aliphatic carbocycles. The van der Waals surface area contributed by atoms with Crippen molar-refractivity contribution in [3.8, 4) is 0 Å². The van der Waals surface area contributed by atoms with E-state index in [1.807, 2.05) is 0 Å². The zero-order valence-electron chi connectivity index (χ0n) is 12.1. The van der Waals surface area contributed by atoms with Gasteiger partial charge in [-0.05, 0) is 37.9 Å². The molecule has 0 bridgehead atoms. The van der Waals surface area contributed by atoms with E-state index in [0.717, 1.165) is 25.9 Å². The Morgan fingerprint density at radius 2 is 2.15 bits per heavy atom. The highest BCUT2D eigenvalue weighted by atomic mass is 16.5. The van der Waals surface area contributed by atoms with Crippen molar-refractivity contribution in [3.05, 3.63) is 17.8 Å². The Morgan fingerprint density at radius 1 is 1.40 bits per heavy atom. The van der Waals surface area contributed by atoms with E-state index in [0.29, 0.717) is 11.9 Å². The quantitative estimate of drug-likeness (QED) is 0.824. The smallest absolute Gasteiger partial charge is 0.358 e. The third-order valence-electron chi connectivity index (χ3n) is 3.54. The van der Waals surface area contributed by atoms with E-state index in [4.69, 9.17) is 0 Å². The average molecular weight is 278 g/mol. The van der Waals surface area contributed by atoms with Gasteiger partial charge in [0.1, 0.15) is 5.82 Å². The molecule has 1 aromatic heterocycles. The summed E-state index contributed by atoms with van der Waals surface area (Å²) in [7, 11) is 1.33. The predicted molar refractivity (Wildman–Crippen MR) is 76.7 cm³/mol. The molecule has 110 valence electrons. The lowest BCUT2D eigenvalue weighted by atomic mass is 10.0. The number of aromatic nitrogens is 2. The number of esters is 1. The molecule has 0 spiro atoms. The van der Waals surface area contributed by atoms with Crippen LogP contribution in [0.4, 0.5) is 5.82 Å².